The van der Waals surface area contributed by atoms with Crippen molar-refractivity contribution in [2.75, 3.05) is 5.32 Å². The summed E-state index contributed by atoms with van der Waals surface area (Å²) in [5.41, 5.74) is 2.57. The molecule has 128 valence electrons. The van der Waals surface area contributed by atoms with Crippen LogP contribution in [0.3, 0.4) is 0 Å². The van der Waals surface area contributed by atoms with Crippen molar-refractivity contribution in [2.45, 2.75) is 12.5 Å². The molecule has 0 radical (unpaired) electrons. The van der Waals surface area contributed by atoms with Crippen molar-refractivity contribution in [3.8, 4) is 17.2 Å². The van der Waals surface area contributed by atoms with Crippen LogP contribution >= 0.6 is 11.3 Å². The molecular formula is C20H14N2O3S. The minimum absolute atomic E-state index is 0.188. The highest BCUT2D eigenvalue weighted by atomic mass is 32.1. The third-order valence-corrected chi connectivity index (χ3v) is 5.11. The fourth-order valence-corrected chi connectivity index (χ4v) is 3.77. The fraction of sp³-hybridized carbons (Fsp3) is 0.100. The van der Waals surface area contributed by atoms with Crippen LogP contribution < -0.4 is 10.1 Å². The highest BCUT2D eigenvalue weighted by Gasteiger charge is 2.29. The maximum absolute atomic E-state index is 12.5. The number of nitrogens with one attached hydrogen (secondary N) is 1. The van der Waals surface area contributed by atoms with Gasteiger partial charge in [0.1, 0.15) is 17.0 Å². The Morgan fingerprint density at radius 1 is 1.15 bits per heavy atom. The molecule has 1 atom stereocenters. The van der Waals surface area contributed by atoms with Crippen LogP contribution in [0.15, 0.2) is 64.4 Å². The van der Waals surface area contributed by atoms with Crippen molar-refractivity contribution in [3.63, 3.8) is 0 Å². The van der Waals surface area contributed by atoms with E-state index < -0.39 is 6.10 Å². The predicted molar refractivity (Wildman–Crippen MR) is 101 cm³/mol. The molecule has 5 nitrogen and oxygen atoms in total. The lowest BCUT2D eigenvalue weighted by Crippen LogP contribution is -2.31. The Kier molecular flexibility index (Phi) is 3.50. The minimum Gasteiger partial charge on any atom is -0.480 e. The van der Waals surface area contributed by atoms with Crippen LogP contribution in [0, 0.1) is 0 Å². The van der Waals surface area contributed by atoms with Gasteiger partial charge in [0, 0.05) is 17.2 Å². The summed E-state index contributed by atoms with van der Waals surface area (Å²) in [6.07, 6.45) is 0.0510. The largest absolute Gasteiger partial charge is 0.480 e. The van der Waals surface area contributed by atoms with Crippen LogP contribution in [0.1, 0.15) is 5.56 Å². The van der Waals surface area contributed by atoms with Crippen LogP contribution in [-0.2, 0) is 11.2 Å². The molecule has 5 rings (SSSR count). The number of carbonyl (C=O) groups is 1. The van der Waals surface area contributed by atoms with E-state index in [1.807, 2.05) is 60.0 Å². The molecule has 4 aromatic rings. The van der Waals surface area contributed by atoms with Crippen molar-refractivity contribution in [1.82, 2.24) is 4.98 Å². The van der Waals surface area contributed by atoms with E-state index in [0.717, 1.165) is 22.3 Å². The summed E-state index contributed by atoms with van der Waals surface area (Å²) >= 11 is 1.37. The average molecular weight is 362 g/mol. The van der Waals surface area contributed by atoms with E-state index in [1.54, 1.807) is 0 Å². The van der Waals surface area contributed by atoms with Gasteiger partial charge >= 0.3 is 0 Å². The summed E-state index contributed by atoms with van der Waals surface area (Å²) in [4.78, 5) is 17.0. The lowest BCUT2D eigenvalue weighted by Gasteiger charge is -2.09. The summed E-state index contributed by atoms with van der Waals surface area (Å²) in [5, 5.41) is 6.28. The molecule has 0 aliphatic carbocycles. The Morgan fingerprint density at radius 2 is 2.00 bits per heavy atom. The Hall–Kier alpha value is -3.12. The van der Waals surface area contributed by atoms with Crippen molar-refractivity contribution >= 4 is 33.3 Å². The molecule has 0 unspecified atom stereocenters. The van der Waals surface area contributed by atoms with E-state index >= 15 is 0 Å². The van der Waals surface area contributed by atoms with Gasteiger partial charge in [-0.15, -0.1) is 11.3 Å². The molecule has 1 amide bonds. The Balaban J connectivity index is 1.32. The van der Waals surface area contributed by atoms with Crippen LogP contribution in [0.25, 0.3) is 22.4 Å². The number of amides is 1. The fourth-order valence-electron chi connectivity index (χ4n) is 3.07. The van der Waals surface area contributed by atoms with E-state index in [1.165, 1.54) is 11.3 Å². The summed E-state index contributed by atoms with van der Waals surface area (Å²) in [6.45, 7) is 0. The molecule has 0 saturated heterocycles. The molecule has 0 spiro atoms. The molecular weight excluding hydrogens is 348 g/mol. The van der Waals surface area contributed by atoms with Gasteiger partial charge in [0.25, 0.3) is 5.91 Å². The molecule has 2 aromatic carbocycles. The number of fused-ring (bicyclic) bond motifs is 2. The number of benzene rings is 2. The molecule has 0 fully saturated rings. The first kappa shape index (κ1) is 15.2. The first-order valence-corrected chi connectivity index (χ1v) is 9.14. The van der Waals surface area contributed by atoms with Gasteiger partial charge in [-0.3, -0.25) is 10.1 Å². The van der Waals surface area contributed by atoms with E-state index in [4.69, 9.17) is 9.15 Å². The lowest BCUT2D eigenvalue weighted by atomic mass is 10.1. The first-order valence-electron chi connectivity index (χ1n) is 8.26. The maximum Gasteiger partial charge on any atom is 0.267 e. The van der Waals surface area contributed by atoms with Gasteiger partial charge in [0.2, 0.25) is 0 Å². The zero-order valence-corrected chi connectivity index (χ0v) is 14.5. The Bertz CT molecular complexity index is 1060. The smallest absolute Gasteiger partial charge is 0.267 e. The highest BCUT2D eigenvalue weighted by Crippen LogP contribution is 2.31. The van der Waals surface area contributed by atoms with Gasteiger partial charge in [-0.2, -0.15) is 0 Å². The number of ether oxygens (including phenoxy) is 1. The first-order chi connectivity index (χ1) is 12.8. The van der Waals surface area contributed by atoms with E-state index in [0.29, 0.717) is 23.0 Å². The Morgan fingerprint density at radius 3 is 2.88 bits per heavy atom. The monoisotopic (exact) mass is 362 g/mol. The van der Waals surface area contributed by atoms with Gasteiger partial charge in [-0.1, -0.05) is 36.4 Å². The molecule has 0 bridgehead atoms. The molecule has 2 aromatic heterocycles. The Labute approximate surface area is 153 Å². The number of rotatable bonds is 3. The second kappa shape index (κ2) is 6.00. The van der Waals surface area contributed by atoms with Gasteiger partial charge < -0.3 is 9.15 Å². The van der Waals surface area contributed by atoms with Gasteiger partial charge in [-0.05, 0) is 23.8 Å². The third-order valence-electron chi connectivity index (χ3n) is 4.35. The van der Waals surface area contributed by atoms with Gasteiger partial charge in [-0.25, -0.2) is 4.98 Å². The van der Waals surface area contributed by atoms with Crippen molar-refractivity contribution < 1.29 is 13.9 Å². The molecule has 1 N–H and O–H groups in total. The minimum atomic E-state index is -0.522. The number of carbonyl (C=O) groups excluding carboxylic acids is 1. The number of para-hydroxylation sites is 2. The topological polar surface area (TPSA) is 64.4 Å². The summed E-state index contributed by atoms with van der Waals surface area (Å²) < 4.78 is 11.5. The maximum atomic E-state index is 12.5. The summed E-state index contributed by atoms with van der Waals surface area (Å²) in [5.74, 6) is 1.27. The molecule has 3 heterocycles. The van der Waals surface area contributed by atoms with Crippen LogP contribution in [0.2, 0.25) is 0 Å². The van der Waals surface area contributed by atoms with Crippen LogP contribution in [0.5, 0.6) is 5.75 Å². The normalized spacial score (nSPS) is 15.6. The molecule has 1 aliphatic rings. The molecule has 6 heteroatoms. The molecule has 1 aliphatic heterocycles. The van der Waals surface area contributed by atoms with Crippen molar-refractivity contribution in [2.24, 2.45) is 0 Å². The quantitative estimate of drug-likeness (QED) is 0.583. The number of furan rings is 1. The van der Waals surface area contributed by atoms with Crippen LogP contribution in [0.4, 0.5) is 5.13 Å². The number of hydrogen-bond donors (Lipinski definition) is 1. The number of hydrogen-bond acceptors (Lipinski definition) is 5. The highest BCUT2D eigenvalue weighted by molar-refractivity contribution is 7.14. The third kappa shape index (κ3) is 2.64. The number of anilines is 1. The second-order valence-electron chi connectivity index (χ2n) is 6.09. The lowest BCUT2D eigenvalue weighted by molar-refractivity contribution is -0.122. The van der Waals surface area contributed by atoms with Crippen molar-refractivity contribution in [3.05, 3.63) is 65.5 Å². The predicted octanol–water partition coefficient (Wildman–Crippen LogP) is 4.50. The SMILES string of the molecule is O=C(Nc1nc(-c2cc3ccccc3o2)cs1)[C@@H]1Cc2ccccc2O1. The van der Waals surface area contributed by atoms with E-state index in [-0.39, 0.29) is 5.91 Å². The number of nitrogens with zero attached hydrogens (tertiary/aromatic N) is 1. The number of thiazole rings is 1. The molecule has 26 heavy (non-hydrogen) atoms. The second-order valence-corrected chi connectivity index (χ2v) is 6.95. The van der Waals surface area contributed by atoms with E-state index in [9.17, 15) is 4.79 Å². The zero-order valence-electron chi connectivity index (χ0n) is 13.6. The van der Waals surface area contributed by atoms with E-state index in [2.05, 4.69) is 10.3 Å². The van der Waals surface area contributed by atoms with Gasteiger partial charge in [0.15, 0.2) is 17.0 Å². The summed E-state index contributed by atoms with van der Waals surface area (Å²) in [6, 6.07) is 17.5. The molecule has 0 saturated carbocycles. The zero-order chi connectivity index (χ0) is 17.5. The van der Waals surface area contributed by atoms with Crippen molar-refractivity contribution in [1.29, 1.82) is 0 Å². The summed E-state index contributed by atoms with van der Waals surface area (Å²) in [7, 11) is 0. The van der Waals surface area contributed by atoms with Crippen LogP contribution in [-0.4, -0.2) is 17.0 Å². The van der Waals surface area contributed by atoms with Gasteiger partial charge in [0.05, 0.1) is 0 Å². The standard InChI is InChI=1S/C20H14N2O3S/c23-19(18-10-13-6-2-4-8-16(13)25-18)22-20-21-14(11-26-20)17-9-12-5-1-3-7-15(12)24-17/h1-9,11,18H,10H2,(H,21,22,23)/t18-/m0/s1. The average Bonchev–Trinajstić information content (AvgIpc) is 3.38. The number of aromatic nitrogens is 1.